The number of hydrogen-bond acceptors (Lipinski definition) is 3. The van der Waals surface area contributed by atoms with Gasteiger partial charge in [0.15, 0.2) is 0 Å². The summed E-state index contributed by atoms with van der Waals surface area (Å²) < 4.78 is 37.3. The number of carbonyl (C=O) groups is 1. The Morgan fingerprint density at radius 3 is 2.58 bits per heavy atom. The van der Waals surface area contributed by atoms with Gasteiger partial charge in [0.25, 0.3) is 0 Å². The van der Waals surface area contributed by atoms with Gasteiger partial charge in [0, 0.05) is 13.0 Å². The zero-order chi connectivity index (χ0) is 14.2. The number of nitrogens with one attached hydrogen (secondary N) is 1. The molecule has 0 spiro atoms. The van der Waals surface area contributed by atoms with Gasteiger partial charge < -0.3 is 5.32 Å². The molecule has 0 aromatic heterocycles. The molecule has 1 aliphatic rings. The second-order valence-electron chi connectivity index (χ2n) is 4.66. The zero-order valence-corrected chi connectivity index (χ0v) is 11.5. The van der Waals surface area contributed by atoms with E-state index in [0.29, 0.717) is 0 Å². The number of carbonyl (C=O) groups excluding carboxylic acids is 1. The third-order valence-corrected chi connectivity index (χ3v) is 4.19. The van der Waals surface area contributed by atoms with Crippen LogP contribution in [0.5, 0.6) is 0 Å². The molecule has 0 radical (unpaired) electrons. The van der Waals surface area contributed by atoms with Crippen LogP contribution in [0.25, 0.3) is 0 Å². The van der Waals surface area contributed by atoms with Crippen LogP contribution in [0.15, 0.2) is 18.2 Å². The van der Waals surface area contributed by atoms with Crippen molar-refractivity contribution in [3.8, 4) is 0 Å². The van der Waals surface area contributed by atoms with E-state index in [1.165, 1.54) is 13.1 Å². The minimum atomic E-state index is -3.47. The molecule has 0 heterocycles. The first-order chi connectivity index (χ1) is 8.79. The van der Waals surface area contributed by atoms with Crippen LogP contribution in [0.1, 0.15) is 12.8 Å². The summed E-state index contributed by atoms with van der Waals surface area (Å²) >= 11 is 0. The number of nitrogens with zero attached hydrogens (tertiary/aromatic N) is 1. The predicted molar refractivity (Wildman–Crippen MR) is 71.0 cm³/mol. The third-order valence-electron chi connectivity index (χ3n) is 3.00. The van der Waals surface area contributed by atoms with E-state index < -0.39 is 15.8 Å². The molecular weight excluding hydrogens is 271 g/mol. The Labute approximate surface area is 111 Å². The fourth-order valence-electron chi connectivity index (χ4n) is 1.64. The molecule has 0 saturated heterocycles. The van der Waals surface area contributed by atoms with Gasteiger partial charge in [-0.05, 0) is 31.0 Å². The van der Waals surface area contributed by atoms with Crippen LogP contribution in [0.2, 0.25) is 0 Å². The van der Waals surface area contributed by atoms with Crippen LogP contribution in [-0.2, 0) is 14.8 Å². The van der Waals surface area contributed by atoms with Crippen molar-refractivity contribution in [3.05, 3.63) is 24.0 Å². The first kappa shape index (κ1) is 13.8. The maximum atomic E-state index is 13.3. The number of hydrogen-bond donors (Lipinski definition) is 1. The molecular formula is C12H15FN2O3S. The van der Waals surface area contributed by atoms with Gasteiger partial charge in [-0.1, -0.05) is 0 Å². The standard InChI is InChI=1S/C12H15FN2O3S/c1-15(19(2,17)18)11-6-5-9(13)7-10(11)14-12(16)8-3-4-8/h5-8H,3-4H2,1-2H3,(H,14,16). The lowest BCUT2D eigenvalue weighted by atomic mass is 10.2. The molecule has 1 fully saturated rings. The topological polar surface area (TPSA) is 66.5 Å². The van der Waals surface area contributed by atoms with Gasteiger partial charge in [-0.25, -0.2) is 12.8 Å². The Morgan fingerprint density at radius 2 is 2.05 bits per heavy atom. The quantitative estimate of drug-likeness (QED) is 0.913. The number of benzene rings is 1. The lowest BCUT2D eigenvalue weighted by molar-refractivity contribution is -0.117. The van der Waals surface area contributed by atoms with Crippen LogP contribution in [0, 0.1) is 11.7 Å². The summed E-state index contributed by atoms with van der Waals surface area (Å²) in [7, 11) is -2.12. The smallest absolute Gasteiger partial charge is 0.232 e. The molecule has 1 aliphatic carbocycles. The number of rotatable bonds is 4. The van der Waals surface area contributed by atoms with Crippen molar-refractivity contribution < 1.29 is 17.6 Å². The summed E-state index contributed by atoms with van der Waals surface area (Å²) in [5.74, 6) is -0.773. The van der Waals surface area contributed by atoms with Crippen molar-refractivity contribution in [2.45, 2.75) is 12.8 Å². The molecule has 1 aromatic carbocycles. The van der Waals surface area contributed by atoms with Crippen molar-refractivity contribution in [1.82, 2.24) is 0 Å². The molecule has 2 rings (SSSR count). The minimum Gasteiger partial charge on any atom is -0.324 e. The van der Waals surface area contributed by atoms with Crippen LogP contribution < -0.4 is 9.62 Å². The number of halogens is 1. The molecule has 0 atom stereocenters. The minimum absolute atomic E-state index is 0.0420. The fraction of sp³-hybridized carbons (Fsp3) is 0.417. The molecule has 5 nitrogen and oxygen atoms in total. The van der Waals surface area contributed by atoms with E-state index in [1.807, 2.05) is 0 Å². The first-order valence-electron chi connectivity index (χ1n) is 5.83. The van der Waals surface area contributed by atoms with Crippen molar-refractivity contribution in [1.29, 1.82) is 0 Å². The summed E-state index contributed by atoms with van der Waals surface area (Å²) in [6, 6.07) is 3.61. The highest BCUT2D eigenvalue weighted by atomic mass is 32.2. The van der Waals surface area contributed by atoms with Crippen molar-refractivity contribution in [3.63, 3.8) is 0 Å². The molecule has 104 valence electrons. The monoisotopic (exact) mass is 286 g/mol. The highest BCUT2D eigenvalue weighted by molar-refractivity contribution is 7.92. The Balaban J connectivity index is 2.34. The van der Waals surface area contributed by atoms with Gasteiger partial charge in [0.05, 0.1) is 17.6 Å². The van der Waals surface area contributed by atoms with E-state index in [1.54, 1.807) is 0 Å². The summed E-state index contributed by atoms with van der Waals surface area (Å²) in [6.07, 6.45) is 2.68. The van der Waals surface area contributed by atoms with Crippen LogP contribution in [0.4, 0.5) is 15.8 Å². The molecule has 7 heteroatoms. The SMILES string of the molecule is CN(c1ccc(F)cc1NC(=O)C1CC1)S(C)(=O)=O. The molecule has 1 N–H and O–H groups in total. The molecule has 1 aromatic rings. The van der Waals surface area contributed by atoms with Crippen molar-refractivity contribution in [2.24, 2.45) is 5.92 Å². The average Bonchev–Trinajstić information content (AvgIpc) is 3.10. The van der Waals surface area contributed by atoms with Crippen LogP contribution in [-0.4, -0.2) is 27.6 Å². The Bertz CT molecular complexity index is 611. The summed E-state index contributed by atoms with van der Waals surface area (Å²) in [5.41, 5.74) is 0.419. The van der Waals surface area contributed by atoms with Gasteiger partial charge in [0.2, 0.25) is 15.9 Å². The fourth-order valence-corrected chi connectivity index (χ4v) is 2.16. The van der Waals surface area contributed by atoms with Crippen molar-refractivity contribution in [2.75, 3.05) is 22.9 Å². The lowest BCUT2D eigenvalue weighted by Crippen LogP contribution is -2.26. The number of amides is 1. The normalized spacial score (nSPS) is 15.1. The molecule has 1 amide bonds. The predicted octanol–water partition coefficient (Wildman–Crippen LogP) is 1.57. The third kappa shape index (κ3) is 3.23. The summed E-state index contributed by atoms with van der Waals surface area (Å²) in [5, 5.41) is 2.58. The van der Waals surface area contributed by atoms with E-state index in [9.17, 15) is 17.6 Å². The van der Waals surface area contributed by atoms with Gasteiger partial charge in [0.1, 0.15) is 5.82 Å². The maximum absolute atomic E-state index is 13.3. The lowest BCUT2D eigenvalue weighted by Gasteiger charge is -2.20. The molecule has 19 heavy (non-hydrogen) atoms. The Kier molecular flexibility index (Phi) is 3.49. The second-order valence-corrected chi connectivity index (χ2v) is 6.67. The van der Waals surface area contributed by atoms with Crippen molar-refractivity contribution >= 4 is 27.3 Å². The van der Waals surface area contributed by atoms with Gasteiger partial charge in [-0.3, -0.25) is 9.10 Å². The molecule has 0 aliphatic heterocycles. The van der Waals surface area contributed by atoms with E-state index in [4.69, 9.17) is 0 Å². The summed E-state index contributed by atoms with van der Waals surface area (Å²) in [4.78, 5) is 11.7. The van der Waals surface area contributed by atoms with Gasteiger partial charge in [-0.15, -0.1) is 0 Å². The van der Waals surface area contributed by atoms with E-state index in [-0.39, 0.29) is 23.2 Å². The van der Waals surface area contributed by atoms with E-state index in [2.05, 4.69) is 5.32 Å². The summed E-state index contributed by atoms with van der Waals surface area (Å²) in [6.45, 7) is 0. The van der Waals surface area contributed by atoms with Crippen LogP contribution >= 0.6 is 0 Å². The Hall–Kier alpha value is -1.63. The van der Waals surface area contributed by atoms with Gasteiger partial charge in [-0.2, -0.15) is 0 Å². The molecule has 1 saturated carbocycles. The molecule has 0 bridgehead atoms. The highest BCUT2D eigenvalue weighted by Crippen LogP contribution is 2.33. The average molecular weight is 286 g/mol. The second kappa shape index (κ2) is 4.80. The van der Waals surface area contributed by atoms with E-state index >= 15 is 0 Å². The number of sulfonamides is 1. The van der Waals surface area contributed by atoms with Gasteiger partial charge >= 0.3 is 0 Å². The zero-order valence-electron chi connectivity index (χ0n) is 10.7. The molecule has 0 unspecified atom stereocenters. The maximum Gasteiger partial charge on any atom is 0.232 e. The highest BCUT2D eigenvalue weighted by Gasteiger charge is 2.30. The van der Waals surface area contributed by atoms with Crippen LogP contribution in [0.3, 0.4) is 0 Å². The number of anilines is 2. The van der Waals surface area contributed by atoms with E-state index in [0.717, 1.165) is 35.5 Å². The Morgan fingerprint density at radius 1 is 1.42 bits per heavy atom. The first-order valence-corrected chi connectivity index (χ1v) is 7.68. The largest absolute Gasteiger partial charge is 0.324 e.